The molecule has 33 heavy (non-hydrogen) atoms. The predicted octanol–water partition coefficient (Wildman–Crippen LogP) is 8.45. The van der Waals surface area contributed by atoms with Crippen molar-refractivity contribution in [3.8, 4) is 0 Å². The Balaban J connectivity index is 1.72. The molecule has 4 saturated carbocycles. The van der Waals surface area contributed by atoms with Crippen molar-refractivity contribution in [2.75, 3.05) is 7.11 Å². The highest BCUT2D eigenvalue weighted by atomic mass is 16.5. The van der Waals surface area contributed by atoms with Crippen LogP contribution in [0.5, 0.6) is 0 Å². The summed E-state index contributed by atoms with van der Waals surface area (Å²) in [4.78, 5) is 12.2. The van der Waals surface area contributed by atoms with Crippen molar-refractivity contribution in [2.45, 2.75) is 113 Å². The zero-order valence-corrected chi connectivity index (χ0v) is 23.1. The molecule has 4 fully saturated rings. The predicted molar refractivity (Wildman–Crippen MR) is 138 cm³/mol. The molecule has 0 unspecified atom stereocenters. The molecule has 0 spiro atoms. The highest BCUT2D eigenvalue weighted by Crippen LogP contribution is 2.76. The van der Waals surface area contributed by atoms with E-state index in [1.807, 2.05) is 0 Å². The third-order valence-electron chi connectivity index (χ3n) is 12.7. The summed E-state index contributed by atoms with van der Waals surface area (Å²) >= 11 is 0. The van der Waals surface area contributed by atoms with Gasteiger partial charge in [0.15, 0.2) is 0 Å². The third kappa shape index (κ3) is 3.58. The van der Waals surface area contributed by atoms with Gasteiger partial charge in [0.25, 0.3) is 0 Å². The van der Waals surface area contributed by atoms with Crippen molar-refractivity contribution in [3.05, 3.63) is 12.2 Å². The Bertz CT molecular complexity index is 784. The lowest BCUT2D eigenvalue weighted by atomic mass is 9.34. The lowest BCUT2D eigenvalue weighted by Gasteiger charge is -2.71. The van der Waals surface area contributed by atoms with Gasteiger partial charge in [-0.05, 0) is 122 Å². The molecule has 0 N–H and O–H groups in total. The van der Waals surface area contributed by atoms with E-state index in [0.29, 0.717) is 40.4 Å². The normalized spacial score (nSPS) is 49.2. The van der Waals surface area contributed by atoms with Crippen LogP contribution in [0.3, 0.4) is 0 Å². The van der Waals surface area contributed by atoms with Crippen LogP contribution < -0.4 is 0 Å². The van der Waals surface area contributed by atoms with Gasteiger partial charge < -0.3 is 4.74 Å². The average Bonchev–Trinajstić information content (AvgIpc) is 3.10. The minimum absolute atomic E-state index is 0.0328. The molecule has 0 aromatic carbocycles. The van der Waals surface area contributed by atoms with E-state index >= 15 is 0 Å². The molecule has 2 nitrogen and oxygen atoms in total. The topological polar surface area (TPSA) is 26.3 Å². The maximum atomic E-state index is 12.2. The smallest absolute Gasteiger partial charge is 0.305 e. The summed E-state index contributed by atoms with van der Waals surface area (Å²) < 4.78 is 5.09. The van der Waals surface area contributed by atoms with Gasteiger partial charge >= 0.3 is 5.97 Å². The molecule has 0 aromatic heterocycles. The average molecular weight is 457 g/mol. The number of allylic oxidation sites excluding steroid dienone is 1. The van der Waals surface area contributed by atoms with E-state index in [1.54, 1.807) is 7.11 Å². The maximum Gasteiger partial charge on any atom is 0.305 e. The SMILES string of the molecule is C=C(C)[C@@H]1CC[C@]2(C)CC[C@]3(C)[C@H](CC[C@@H]4[C@@](C)(CCC(=O)OC)[C@H](C(C)C)CC[C@]43C)[C@@H]12. The lowest BCUT2D eigenvalue weighted by molar-refractivity contribution is -0.221. The van der Waals surface area contributed by atoms with Gasteiger partial charge in [0.2, 0.25) is 0 Å². The van der Waals surface area contributed by atoms with Crippen molar-refractivity contribution < 1.29 is 9.53 Å². The van der Waals surface area contributed by atoms with Gasteiger partial charge in [-0.3, -0.25) is 4.79 Å². The van der Waals surface area contributed by atoms with Crippen LogP contribution in [-0.4, -0.2) is 13.1 Å². The van der Waals surface area contributed by atoms with Gasteiger partial charge in [-0.2, -0.15) is 0 Å². The van der Waals surface area contributed by atoms with E-state index in [4.69, 9.17) is 4.74 Å². The number of methoxy groups -OCH3 is 1. The number of carbonyl (C=O) groups is 1. The van der Waals surface area contributed by atoms with Crippen LogP contribution in [0.25, 0.3) is 0 Å². The Morgan fingerprint density at radius 2 is 1.67 bits per heavy atom. The highest BCUT2D eigenvalue weighted by Gasteiger charge is 2.68. The number of hydrogen-bond donors (Lipinski definition) is 0. The van der Waals surface area contributed by atoms with Crippen LogP contribution in [0.1, 0.15) is 113 Å². The molecule has 188 valence electrons. The lowest BCUT2D eigenvalue weighted by Crippen LogP contribution is -2.64. The van der Waals surface area contributed by atoms with Gasteiger partial charge in [-0.15, -0.1) is 0 Å². The molecule has 4 aliphatic rings. The number of hydrogen-bond acceptors (Lipinski definition) is 2. The molecule has 2 heteroatoms. The van der Waals surface area contributed by atoms with Crippen LogP contribution in [0, 0.1) is 57.2 Å². The van der Waals surface area contributed by atoms with E-state index in [1.165, 1.54) is 56.9 Å². The first-order valence-electron chi connectivity index (χ1n) is 14.1. The Hall–Kier alpha value is -0.790. The van der Waals surface area contributed by atoms with Crippen LogP contribution in [0.4, 0.5) is 0 Å². The number of ether oxygens (including phenoxy) is 1. The fraction of sp³-hybridized carbons (Fsp3) is 0.903. The summed E-state index contributed by atoms with van der Waals surface area (Å²) in [6, 6.07) is 0. The molecular weight excluding hydrogens is 404 g/mol. The molecule has 0 saturated heterocycles. The Kier molecular flexibility index (Phi) is 6.45. The molecular formula is C31H52O2. The number of esters is 1. The molecule has 4 aliphatic carbocycles. The Morgan fingerprint density at radius 3 is 2.27 bits per heavy atom. The summed E-state index contributed by atoms with van der Waals surface area (Å²) in [6.45, 7) is 22.2. The zero-order valence-electron chi connectivity index (χ0n) is 23.1. The van der Waals surface area contributed by atoms with E-state index < -0.39 is 0 Å². The van der Waals surface area contributed by atoms with Crippen LogP contribution in [0.2, 0.25) is 0 Å². The van der Waals surface area contributed by atoms with Gasteiger partial charge in [0, 0.05) is 6.42 Å². The molecule has 0 amide bonds. The Labute approximate surface area is 204 Å². The maximum absolute atomic E-state index is 12.2. The van der Waals surface area contributed by atoms with E-state index in [2.05, 4.69) is 55.0 Å². The largest absolute Gasteiger partial charge is 0.469 e. The first-order chi connectivity index (χ1) is 15.3. The second kappa shape index (κ2) is 8.41. The monoisotopic (exact) mass is 456 g/mol. The summed E-state index contributed by atoms with van der Waals surface area (Å²) in [5.74, 6) is 4.39. The third-order valence-corrected chi connectivity index (χ3v) is 12.7. The van der Waals surface area contributed by atoms with Crippen molar-refractivity contribution in [2.24, 2.45) is 57.2 Å². The number of carbonyl (C=O) groups excluding carboxylic acids is 1. The molecule has 0 aromatic rings. The van der Waals surface area contributed by atoms with Crippen molar-refractivity contribution >= 4 is 5.97 Å². The standard InChI is InChI=1S/C31H52O2/c1-20(2)22-12-15-28(5)18-19-30(7)24(27(22)28)10-11-25-29(6,16-14-26(32)33-9)23(21(3)4)13-17-31(25,30)8/h21-25,27H,1,10-19H2,2-9H3/t22-,23-,24+,25+,27+,28+,29-,30+,31+/m0/s1. The minimum atomic E-state index is -0.0328. The quantitative estimate of drug-likeness (QED) is 0.306. The highest BCUT2D eigenvalue weighted by molar-refractivity contribution is 5.69. The van der Waals surface area contributed by atoms with Crippen LogP contribution in [0.15, 0.2) is 12.2 Å². The number of rotatable bonds is 5. The summed E-state index contributed by atoms with van der Waals surface area (Å²) in [7, 11) is 1.54. The van der Waals surface area contributed by atoms with Gasteiger partial charge in [0.05, 0.1) is 7.11 Å². The summed E-state index contributed by atoms with van der Waals surface area (Å²) in [6.07, 6.45) is 12.5. The molecule has 0 radical (unpaired) electrons. The molecule has 4 rings (SSSR count). The fourth-order valence-electron chi connectivity index (χ4n) is 10.8. The van der Waals surface area contributed by atoms with Crippen molar-refractivity contribution in [3.63, 3.8) is 0 Å². The van der Waals surface area contributed by atoms with Gasteiger partial charge in [0.1, 0.15) is 0 Å². The van der Waals surface area contributed by atoms with Crippen LogP contribution >= 0.6 is 0 Å². The second-order valence-corrected chi connectivity index (χ2v) is 14.2. The first-order valence-corrected chi connectivity index (χ1v) is 14.1. The van der Waals surface area contributed by atoms with Crippen LogP contribution in [-0.2, 0) is 9.53 Å². The molecule has 9 atom stereocenters. The number of fused-ring (bicyclic) bond motifs is 5. The second-order valence-electron chi connectivity index (χ2n) is 14.2. The van der Waals surface area contributed by atoms with E-state index in [-0.39, 0.29) is 11.4 Å². The van der Waals surface area contributed by atoms with Gasteiger partial charge in [-0.1, -0.05) is 53.7 Å². The minimum Gasteiger partial charge on any atom is -0.469 e. The fourth-order valence-corrected chi connectivity index (χ4v) is 10.8. The van der Waals surface area contributed by atoms with Crippen molar-refractivity contribution in [1.82, 2.24) is 0 Å². The van der Waals surface area contributed by atoms with Crippen molar-refractivity contribution in [1.29, 1.82) is 0 Å². The molecule has 0 bridgehead atoms. The zero-order chi connectivity index (χ0) is 24.4. The van der Waals surface area contributed by atoms with Gasteiger partial charge in [-0.25, -0.2) is 0 Å². The first kappa shape index (κ1) is 25.3. The molecule has 0 heterocycles. The van der Waals surface area contributed by atoms with E-state index in [9.17, 15) is 4.79 Å². The Morgan fingerprint density at radius 1 is 0.970 bits per heavy atom. The molecule has 0 aliphatic heterocycles. The summed E-state index contributed by atoms with van der Waals surface area (Å²) in [5, 5.41) is 0. The van der Waals surface area contributed by atoms with E-state index in [0.717, 1.165) is 24.2 Å². The summed E-state index contributed by atoms with van der Waals surface area (Å²) in [5.41, 5.74) is 2.92.